The van der Waals surface area contributed by atoms with Gasteiger partial charge in [-0.3, -0.25) is 4.79 Å². The van der Waals surface area contributed by atoms with Crippen LogP contribution in [0.15, 0.2) is 48.5 Å². The topological polar surface area (TPSA) is 55.4 Å². The van der Waals surface area contributed by atoms with Crippen molar-refractivity contribution in [3.05, 3.63) is 65.2 Å². The van der Waals surface area contributed by atoms with E-state index in [0.29, 0.717) is 11.1 Å². The van der Waals surface area contributed by atoms with Crippen molar-refractivity contribution < 1.29 is 27.5 Å². The normalized spacial score (nSPS) is 19.8. The number of ether oxygens (including phenoxy) is 1. The first kappa shape index (κ1) is 17.0. The van der Waals surface area contributed by atoms with E-state index < -0.39 is 29.2 Å². The zero-order valence-electron chi connectivity index (χ0n) is 13.2. The summed E-state index contributed by atoms with van der Waals surface area (Å²) in [5.41, 5.74) is -1.36. The van der Waals surface area contributed by atoms with Crippen molar-refractivity contribution in [3.63, 3.8) is 0 Å². The summed E-state index contributed by atoms with van der Waals surface area (Å²) in [5, 5.41) is 2.40. The van der Waals surface area contributed by atoms with Crippen LogP contribution in [0.2, 0.25) is 0 Å². The van der Waals surface area contributed by atoms with Crippen molar-refractivity contribution in [2.24, 2.45) is 0 Å². The molecule has 2 aromatic rings. The summed E-state index contributed by atoms with van der Waals surface area (Å²) < 4.78 is 43.6. The number of fused-ring (bicyclic) bond motifs is 1. The summed E-state index contributed by atoms with van der Waals surface area (Å²) in [6, 6.07) is 11.0. The van der Waals surface area contributed by atoms with Gasteiger partial charge < -0.3 is 10.1 Å². The van der Waals surface area contributed by atoms with E-state index >= 15 is 0 Å². The minimum Gasteiger partial charge on any atom is -0.445 e. The van der Waals surface area contributed by atoms with Gasteiger partial charge in [0.25, 0.3) is 5.91 Å². The van der Waals surface area contributed by atoms with E-state index in [1.807, 2.05) is 0 Å². The Bertz CT molecular complexity index is 847. The Kier molecular flexibility index (Phi) is 4.02. The van der Waals surface area contributed by atoms with E-state index in [0.717, 1.165) is 12.1 Å². The number of hydrogen-bond acceptors (Lipinski definition) is 3. The highest BCUT2D eigenvalue weighted by Crippen LogP contribution is 2.32. The maximum atomic E-state index is 12.8. The fraction of sp³-hybridized carbons (Fsp3) is 0.222. The van der Waals surface area contributed by atoms with Crippen LogP contribution in [0.5, 0.6) is 0 Å². The number of esters is 1. The van der Waals surface area contributed by atoms with Gasteiger partial charge in [0.15, 0.2) is 5.60 Å². The first-order chi connectivity index (χ1) is 11.7. The Morgan fingerprint density at radius 1 is 1.16 bits per heavy atom. The Hall–Kier alpha value is -2.83. The van der Waals surface area contributed by atoms with E-state index in [9.17, 15) is 22.8 Å². The lowest BCUT2D eigenvalue weighted by Gasteiger charge is -2.33. The molecule has 0 fully saturated rings. The third-order valence-corrected chi connectivity index (χ3v) is 4.01. The summed E-state index contributed by atoms with van der Waals surface area (Å²) in [6.45, 7) is 1.43. The van der Waals surface area contributed by atoms with Crippen molar-refractivity contribution in [2.75, 3.05) is 5.32 Å². The predicted molar refractivity (Wildman–Crippen MR) is 84.0 cm³/mol. The third kappa shape index (κ3) is 3.35. The SMILES string of the molecule is C[C@@]1(C(=O)Nc2cccc(C(F)(F)F)c2)Cc2ccccc2C(=O)O1. The largest absolute Gasteiger partial charge is 0.445 e. The molecule has 3 rings (SSSR count). The molecule has 0 radical (unpaired) electrons. The molecule has 1 atom stereocenters. The molecule has 2 aromatic carbocycles. The zero-order valence-corrected chi connectivity index (χ0v) is 13.2. The number of hydrogen-bond donors (Lipinski definition) is 1. The van der Waals surface area contributed by atoms with E-state index in [-0.39, 0.29) is 12.1 Å². The molecule has 1 heterocycles. The van der Waals surface area contributed by atoms with Crippen LogP contribution in [0.1, 0.15) is 28.4 Å². The molecule has 0 spiro atoms. The molecule has 1 aliphatic heterocycles. The molecule has 0 bridgehead atoms. The lowest BCUT2D eigenvalue weighted by Crippen LogP contribution is -2.48. The van der Waals surface area contributed by atoms with Crippen LogP contribution in [-0.2, 0) is 22.1 Å². The number of carbonyl (C=O) groups excluding carboxylic acids is 2. The molecule has 0 unspecified atom stereocenters. The van der Waals surface area contributed by atoms with Crippen molar-refractivity contribution in [2.45, 2.75) is 25.1 Å². The molecule has 1 N–H and O–H groups in total. The number of nitrogens with one attached hydrogen (secondary N) is 1. The van der Waals surface area contributed by atoms with Crippen molar-refractivity contribution in [1.29, 1.82) is 0 Å². The minimum absolute atomic E-state index is 0.0176. The van der Waals surface area contributed by atoms with Crippen LogP contribution in [0.25, 0.3) is 0 Å². The average Bonchev–Trinajstić information content (AvgIpc) is 2.54. The number of alkyl halides is 3. The molecule has 0 saturated carbocycles. The number of rotatable bonds is 2. The van der Waals surface area contributed by atoms with Crippen LogP contribution in [-0.4, -0.2) is 17.5 Å². The van der Waals surface area contributed by atoms with Crippen LogP contribution in [0, 0.1) is 0 Å². The fourth-order valence-corrected chi connectivity index (χ4v) is 2.70. The van der Waals surface area contributed by atoms with Gasteiger partial charge in [0.2, 0.25) is 0 Å². The molecule has 4 nitrogen and oxygen atoms in total. The molecular formula is C18H14F3NO3. The lowest BCUT2D eigenvalue weighted by molar-refractivity contribution is -0.137. The highest BCUT2D eigenvalue weighted by molar-refractivity contribution is 6.02. The summed E-state index contributed by atoms with van der Waals surface area (Å²) in [4.78, 5) is 24.6. The molecule has 1 amide bonds. The van der Waals surface area contributed by atoms with Gasteiger partial charge >= 0.3 is 12.1 Å². The fourth-order valence-electron chi connectivity index (χ4n) is 2.70. The summed E-state index contributed by atoms with van der Waals surface area (Å²) >= 11 is 0. The lowest BCUT2D eigenvalue weighted by atomic mass is 9.89. The number of carbonyl (C=O) groups is 2. The predicted octanol–water partition coefficient (Wildman–Crippen LogP) is 3.82. The summed E-state index contributed by atoms with van der Waals surface area (Å²) in [5.74, 6) is -1.32. The van der Waals surface area contributed by atoms with Gasteiger partial charge in [-0.05, 0) is 36.8 Å². The van der Waals surface area contributed by atoms with Crippen LogP contribution < -0.4 is 5.32 Å². The van der Waals surface area contributed by atoms with Gasteiger partial charge in [0.1, 0.15) is 0 Å². The van der Waals surface area contributed by atoms with Gasteiger partial charge in [-0.2, -0.15) is 13.2 Å². The Labute approximate surface area is 141 Å². The van der Waals surface area contributed by atoms with E-state index in [1.54, 1.807) is 24.3 Å². The Morgan fingerprint density at radius 2 is 1.88 bits per heavy atom. The minimum atomic E-state index is -4.51. The van der Waals surface area contributed by atoms with E-state index in [1.165, 1.54) is 19.1 Å². The molecule has 1 aliphatic rings. The van der Waals surface area contributed by atoms with Crippen molar-refractivity contribution in [3.8, 4) is 0 Å². The molecule has 0 aliphatic carbocycles. The number of amides is 1. The van der Waals surface area contributed by atoms with Crippen LogP contribution >= 0.6 is 0 Å². The Morgan fingerprint density at radius 3 is 2.60 bits per heavy atom. The zero-order chi connectivity index (χ0) is 18.2. The summed E-state index contributed by atoms with van der Waals surface area (Å²) in [6.07, 6.45) is -4.37. The second kappa shape index (κ2) is 5.91. The number of anilines is 1. The van der Waals surface area contributed by atoms with Gasteiger partial charge in [-0.15, -0.1) is 0 Å². The molecule has 0 aromatic heterocycles. The second-order valence-corrected chi connectivity index (χ2v) is 5.99. The van der Waals surface area contributed by atoms with Gasteiger partial charge in [0.05, 0.1) is 11.1 Å². The monoisotopic (exact) mass is 349 g/mol. The number of benzene rings is 2. The third-order valence-electron chi connectivity index (χ3n) is 4.01. The number of cyclic esters (lactones) is 1. The Balaban J connectivity index is 1.83. The van der Waals surface area contributed by atoms with Gasteiger partial charge in [-0.25, -0.2) is 4.79 Å². The van der Waals surface area contributed by atoms with E-state index in [4.69, 9.17) is 4.74 Å². The average molecular weight is 349 g/mol. The van der Waals surface area contributed by atoms with Gasteiger partial charge in [-0.1, -0.05) is 24.3 Å². The molecular weight excluding hydrogens is 335 g/mol. The summed E-state index contributed by atoms with van der Waals surface area (Å²) in [7, 11) is 0. The standard InChI is InChI=1S/C18H14F3NO3/c1-17(10-11-5-2-3-8-14(11)15(23)25-17)16(24)22-13-7-4-6-12(9-13)18(19,20)21/h2-9H,10H2,1H3,(H,22,24)/t17-/m0/s1. The number of halogens is 3. The maximum Gasteiger partial charge on any atom is 0.416 e. The molecule has 130 valence electrons. The molecule has 7 heteroatoms. The van der Waals surface area contributed by atoms with E-state index in [2.05, 4.69) is 5.32 Å². The van der Waals surface area contributed by atoms with Gasteiger partial charge in [0, 0.05) is 12.1 Å². The van der Waals surface area contributed by atoms with Crippen molar-refractivity contribution in [1.82, 2.24) is 0 Å². The van der Waals surface area contributed by atoms with Crippen LogP contribution in [0.3, 0.4) is 0 Å². The quantitative estimate of drug-likeness (QED) is 0.839. The van der Waals surface area contributed by atoms with Crippen LogP contribution in [0.4, 0.5) is 18.9 Å². The molecule has 25 heavy (non-hydrogen) atoms. The second-order valence-electron chi connectivity index (χ2n) is 5.99. The first-order valence-electron chi connectivity index (χ1n) is 7.49. The smallest absolute Gasteiger partial charge is 0.416 e. The molecule has 0 saturated heterocycles. The highest BCUT2D eigenvalue weighted by Gasteiger charge is 2.42. The van der Waals surface area contributed by atoms with Crippen molar-refractivity contribution >= 4 is 17.6 Å². The highest BCUT2D eigenvalue weighted by atomic mass is 19.4. The maximum absolute atomic E-state index is 12.8. The first-order valence-corrected chi connectivity index (χ1v) is 7.49.